The molecule has 0 fully saturated rings. The largest absolute Gasteiger partial charge is 0.368 e. The zero-order valence-corrected chi connectivity index (χ0v) is 16.6. The zero-order chi connectivity index (χ0) is 22.1. The molecule has 0 saturated heterocycles. The Kier molecular flexibility index (Phi) is 4.90. The third kappa shape index (κ3) is 3.95. The molecular formula is C21H17FN8O2. The number of aryl methyl sites for hydroxylation is 1. The molecule has 4 aromatic rings. The Balaban J connectivity index is 1.34. The van der Waals surface area contributed by atoms with Crippen molar-refractivity contribution in [1.29, 1.82) is 0 Å². The topological polar surface area (TPSA) is 145 Å². The van der Waals surface area contributed by atoms with Gasteiger partial charge in [0.15, 0.2) is 0 Å². The molecule has 1 aliphatic carbocycles. The predicted octanol–water partition coefficient (Wildman–Crippen LogP) is 2.80. The van der Waals surface area contributed by atoms with Gasteiger partial charge in [-0.15, -0.1) is 0 Å². The number of nitrogens with zero attached hydrogens (tertiary/aromatic N) is 5. The van der Waals surface area contributed by atoms with Crippen LogP contribution in [-0.2, 0) is 6.42 Å². The van der Waals surface area contributed by atoms with E-state index in [0.717, 1.165) is 18.4 Å². The number of amides is 1. The number of carbonyl (C=O) groups is 1. The van der Waals surface area contributed by atoms with E-state index in [9.17, 15) is 9.18 Å². The maximum absolute atomic E-state index is 13.4. The molecule has 10 nitrogen and oxygen atoms in total. The van der Waals surface area contributed by atoms with Crippen LogP contribution in [0.3, 0.4) is 0 Å². The van der Waals surface area contributed by atoms with Gasteiger partial charge in [0, 0.05) is 5.69 Å². The Morgan fingerprint density at radius 1 is 1.06 bits per heavy atom. The Morgan fingerprint density at radius 2 is 1.94 bits per heavy atom. The molecule has 1 unspecified atom stereocenters. The lowest BCUT2D eigenvalue weighted by Gasteiger charge is -2.12. The van der Waals surface area contributed by atoms with Crippen LogP contribution in [0.15, 0.2) is 53.1 Å². The van der Waals surface area contributed by atoms with Crippen molar-refractivity contribution in [3.8, 4) is 11.6 Å². The number of benzene rings is 2. The molecule has 2 aromatic heterocycles. The minimum atomic E-state index is -0.495. The number of carbonyl (C=O) groups excluding carboxylic acids is 1. The molecule has 5 rings (SSSR count). The van der Waals surface area contributed by atoms with Crippen molar-refractivity contribution >= 4 is 23.5 Å². The summed E-state index contributed by atoms with van der Waals surface area (Å²) < 4.78 is 18.5. The van der Waals surface area contributed by atoms with Crippen LogP contribution in [0.4, 0.5) is 22.0 Å². The van der Waals surface area contributed by atoms with Crippen LogP contribution >= 0.6 is 0 Å². The van der Waals surface area contributed by atoms with E-state index in [1.165, 1.54) is 23.8 Å². The van der Waals surface area contributed by atoms with E-state index in [1.54, 1.807) is 6.07 Å². The van der Waals surface area contributed by atoms with Gasteiger partial charge in [0.2, 0.25) is 23.5 Å². The van der Waals surface area contributed by atoms with Gasteiger partial charge in [-0.1, -0.05) is 35.5 Å². The molecule has 0 bridgehead atoms. The Labute approximate surface area is 181 Å². The fraction of sp³-hybridized carbons (Fsp3) is 0.143. The first-order valence-corrected chi connectivity index (χ1v) is 9.82. The second-order valence-corrected chi connectivity index (χ2v) is 7.16. The zero-order valence-electron chi connectivity index (χ0n) is 16.6. The Hall–Kier alpha value is -4.41. The van der Waals surface area contributed by atoms with E-state index in [4.69, 9.17) is 10.3 Å². The quantitative estimate of drug-likeness (QED) is 0.433. The molecule has 11 heteroatoms. The maximum atomic E-state index is 13.4. The molecule has 4 N–H and O–H groups in total. The number of nitrogen functional groups attached to an aromatic ring is 1. The lowest BCUT2D eigenvalue weighted by molar-refractivity contribution is 0.0892. The van der Waals surface area contributed by atoms with Crippen LogP contribution in [0.2, 0.25) is 0 Å². The molecule has 160 valence electrons. The summed E-state index contributed by atoms with van der Waals surface area (Å²) in [5.74, 6) is -1.20. The van der Waals surface area contributed by atoms with Crippen LogP contribution in [0.25, 0.3) is 11.6 Å². The van der Waals surface area contributed by atoms with Crippen molar-refractivity contribution in [2.75, 3.05) is 11.1 Å². The van der Waals surface area contributed by atoms with Crippen LogP contribution in [0.5, 0.6) is 0 Å². The number of halogens is 1. The van der Waals surface area contributed by atoms with E-state index in [0.29, 0.717) is 5.69 Å². The normalized spacial score (nSPS) is 14.7. The Bertz CT molecular complexity index is 1310. The van der Waals surface area contributed by atoms with Crippen molar-refractivity contribution in [3.63, 3.8) is 0 Å². The van der Waals surface area contributed by atoms with E-state index in [2.05, 4.69) is 35.7 Å². The van der Waals surface area contributed by atoms with Gasteiger partial charge in [-0.25, -0.2) is 4.39 Å². The number of aromatic nitrogens is 5. The number of anilines is 3. The standard InChI is InChI=1S/C21H17FN8O2/c22-12-5-3-6-13(10-12)24-21-28-16(27-20(23)29-21)17-26-19(32-30-17)18(31)25-15-9-8-11-4-1-2-7-14(11)15/h1-7,10,15H,8-9H2,(H,25,31)(H3,23,24,27,28,29). The molecular weight excluding hydrogens is 415 g/mol. The second-order valence-electron chi connectivity index (χ2n) is 7.16. The average molecular weight is 432 g/mol. The Morgan fingerprint density at radius 3 is 2.81 bits per heavy atom. The molecule has 0 saturated carbocycles. The molecule has 0 spiro atoms. The molecule has 32 heavy (non-hydrogen) atoms. The van der Waals surface area contributed by atoms with Gasteiger partial charge in [0.25, 0.3) is 0 Å². The number of hydrogen-bond acceptors (Lipinski definition) is 9. The highest BCUT2D eigenvalue weighted by Crippen LogP contribution is 2.31. The highest BCUT2D eigenvalue weighted by Gasteiger charge is 2.26. The first-order valence-electron chi connectivity index (χ1n) is 9.82. The second kappa shape index (κ2) is 8.02. The van der Waals surface area contributed by atoms with Gasteiger partial charge in [0.1, 0.15) is 5.82 Å². The fourth-order valence-electron chi connectivity index (χ4n) is 3.58. The lowest BCUT2D eigenvalue weighted by Crippen LogP contribution is -2.27. The van der Waals surface area contributed by atoms with E-state index < -0.39 is 11.7 Å². The van der Waals surface area contributed by atoms with Gasteiger partial charge < -0.3 is 20.9 Å². The molecule has 1 amide bonds. The minimum absolute atomic E-state index is 0.00501. The third-order valence-corrected chi connectivity index (χ3v) is 4.99. The number of nitrogens with two attached hydrogens (primary N) is 1. The van der Waals surface area contributed by atoms with Crippen LogP contribution in [0.1, 0.15) is 34.3 Å². The average Bonchev–Trinajstić information content (AvgIpc) is 3.41. The first kappa shape index (κ1) is 19.5. The molecule has 0 radical (unpaired) electrons. The molecule has 0 aliphatic heterocycles. The minimum Gasteiger partial charge on any atom is -0.368 e. The predicted molar refractivity (Wildman–Crippen MR) is 112 cm³/mol. The van der Waals surface area contributed by atoms with Gasteiger partial charge >= 0.3 is 11.8 Å². The number of rotatable bonds is 5. The lowest BCUT2D eigenvalue weighted by atomic mass is 10.1. The third-order valence-electron chi connectivity index (χ3n) is 4.99. The molecule has 1 aliphatic rings. The van der Waals surface area contributed by atoms with Crippen molar-refractivity contribution in [3.05, 3.63) is 71.4 Å². The van der Waals surface area contributed by atoms with Crippen LogP contribution in [-0.4, -0.2) is 31.0 Å². The highest BCUT2D eigenvalue weighted by molar-refractivity contribution is 5.90. The molecule has 2 aromatic carbocycles. The summed E-state index contributed by atoms with van der Waals surface area (Å²) in [5.41, 5.74) is 8.48. The first-order chi connectivity index (χ1) is 15.5. The fourth-order valence-corrected chi connectivity index (χ4v) is 3.58. The van der Waals surface area contributed by atoms with Crippen molar-refractivity contribution in [2.45, 2.75) is 18.9 Å². The monoisotopic (exact) mass is 432 g/mol. The molecule has 2 heterocycles. The summed E-state index contributed by atoms with van der Waals surface area (Å²) in [6, 6.07) is 13.6. The highest BCUT2D eigenvalue weighted by atomic mass is 19.1. The van der Waals surface area contributed by atoms with Crippen LogP contribution in [0, 0.1) is 5.82 Å². The van der Waals surface area contributed by atoms with Crippen molar-refractivity contribution < 1.29 is 13.7 Å². The number of hydrogen-bond donors (Lipinski definition) is 3. The van der Waals surface area contributed by atoms with Crippen molar-refractivity contribution in [1.82, 2.24) is 30.4 Å². The summed E-state index contributed by atoms with van der Waals surface area (Å²) in [7, 11) is 0. The summed E-state index contributed by atoms with van der Waals surface area (Å²) in [4.78, 5) is 28.9. The van der Waals surface area contributed by atoms with Gasteiger partial charge in [-0.3, -0.25) is 4.79 Å². The van der Waals surface area contributed by atoms with E-state index in [-0.39, 0.29) is 35.5 Å². The summed E-state index contributed by atoms with van der Waals surface area (Å²) in [6.07, 6.45) is 1.69. The summed E-state index contributed by atoms with van der Waals surface area (Å²) in [5, 5.41) is 9.54. The maximum Gasteiger partial charge on any atom is 0.316 e. The number of fused-ring (bicyclic) bond motifs is 1. The van der Waals surface area contributed by atoms with E-state index >= 15 is 0 Å². The van der Waals surface area contributed by atoms with E-state index in [1.807, 2.05) is 24.3 Å². The molecule has 1 atom stereocenters. The van der Waals surface area contributed by atoms with Gasteiger partial charge in [0.05, 0.1) is 6.04 Å². The van der Waals surface area contributed by atoms with Crippen LogP contribution < -0.4 is 16.4 Å². The van der Waals surface area contributed by atoms with Gasteiger partial charge in [-0.05, 0) is 42.2 Å². The summed E-state index contributed by atoms with van der Waals surface area (Å²) >= 11 is 0. The number of nitrogens with one attached hydrogen (secondary N) is 2. The smallest absolute Gasteiger partial charge is 0.316 e. The van der Waals surface area contributed by atoms with Crippen molar-refractivity contribution in [2.24, 2.45) is 0 Å². The SMILES string of the molecule is Nc1nc(Nc2cccc(F)c2)nc(-c2noc(C(=O)NC3CCc4ccccc43)n2)n1. The van der Waals surface area contributed by atoms with Gasteiger partial charge in [-0.2, -0.15) is 19.9 Å². The summed E-state index contributed by atoms with van der Waals surface area (Å²) in [6.45, 7) is 0.